The van der Waals surface area contributed by atoms with E-state index in [2.05, 4.69) is 11.2 Å². The Morgan fingerprint density at radius 1 is 1.36 bits per heavy atom. The van der Waals surface area contributed by atoms with Gasteiger partial charge in [-0.3, -0.25) is 0 Å². The average molecular weight is 187 g/mol. The number of nitrogens with zero attached hydrogens (tertiary/aromatic N) is 3. The molecule has 0 saturated heterocycles. The number of rotatable bonds is 0. The van der Waals surface area contributed by atoms with Crippen LogP contribution in [0.1, 0.15) is 25.1 Å². The van der Waals surface area contributed by atoms with Gasteiger partial charge in [0.25, 0.3) is 0 Å². The van der Waals surface area contributed by atoms with Gasteiger partial charge >= 0.3 is 0 Å². The third-order valence-corrected chi connectivity index (χ3v) is 1.82. The molecule has 0 aliphatic heterocycles. The van der Waals surface area contributed by atoms with E-state index in [0.29, 0.717) is 5.56 Å². The second-order valence-corrected chi connectivity index (χ2v) is 2.67. The molecule has 2 rings (SSSR count). The van der Waals surface area contributed by atoms with E-state index in [1.165, 1.54) is 0 Å². The van der Waals surface area contributed by atoms with Crippen LogP contribution >= 0.6 is 0 Å². The molecule has 0 saturated carbocycles. The zero-order valence-electron chi connectivity index (χ0n) is 8.65. The zero-order chi connectivity index (χ0) is 10.6. The lowest BCUT2D eigenvalue weighted by molar-refractivity contribution is 0.899. The van der Waals surface area contributed by atoms with E-state index in [0.717, 1.165) is 11.2 Å². The molecule has 0 aliphatic rings. The van der Waals surface area contributed by atoms with E-state index in [1.807, 2.05) is 39.0 Å². The van der Waals surface area contributed by atoms with Crippen molar-refractivity contribution in [2.75, 3.05) is 0 Å². The second kappa shape index (κ2) is 4.43. The normalized spacial score (nSPS) is 9.00. The zero-order valence-corrected chi connectivity index (χ0v) is 8.65. The van der Waals surface area contributed by atoms with E-state index in [1.54, 1.807) is 10.7 Å². The van der Waals surface area contributed by atoms with Crippen LogP contribution in [0.2, 0.25) is 0 Å². The van der Waals surface area contributed by atoms with E-state index in [9.17, 15) is 0 Å². The van der Waals surface area contributed by atoms with Crippen molar-refractivity contribution in [3.63, 3.8) is 0 Å². The number of fused-ring (bicyclic) bond motifs is 1. The van der Waals surface area contributed by atoms with E-state index < -0.39 is 0 Å². The molecule has 0 atom stereocenters. The Hall–Kier alpha value is -1.82. The van der Waals surface area contributed by atoms with Crippen molar-refractivity contribution >= 4 is 5.52 Å². The standard InChI is InChI=1S/C9H7N3.C2H6/c1-7-2-3-9-4-8(5-10)6-11-12(7)9;1-2/h2-4,6H,1H3;1-2H3. The Morgan fingerprint density at radius 3 is 2.71 bits per heavy atom. The first-order chi connectivity index (χ1) is 6.81. The molecular formula is C11H13N3. The van der Waals surface area contributed by atoms with Crippen LogP contribution in [0.15, 0.2) is 24.4 Å². The van der Waals surface area contributed by atoms with E-state index >= 15 is 0 Å². The minimum Gasteiger partial charge on any atom is -0.238 e. The third kappa shape index (κ3) is 1.74. The molecule has 2 aromatic heterocycles. The van der Waals surface area contributed by atoms with Gasteiger partial charge in [-0.15, -0.1) is 0 Å². The molecule has 3 nitrogen and oxygen atoms in total. The highest BCUT2D eigenvalue weighted by Gasteiger charge is 1.98. The Balaban J connectivity index is 0.000000461. The fourth-order valence-electron chi connectivity index (χ4n) is 1.20. The highest BCUT2D eigenvalue weighted by molar-refractivity contribution is 5.51. The molecule has 0 amide bonds. The van der Waals surface area contributed by atoms with Gasteiger partial charge in [-0.05, 0) is 25.1 Å². The fraction of sp³-hybridized carbons (Fsp3) is 0.273. The Bertz CT molecular complexity index is 463. The predicted octanol–water partition coefficient (Wildman–Crippen LogP) is 2.54. The summed E-state index contributed by atoms with van der Waals surface area (Å²) in [6.45, 7) is 5.98. The van der Waals surface area contributed by atoms with Crippen LogP contribution in [0.4, 0.5) is 0 Å². The van der Waals surface area contributed by atoms with Crippen molar-refractivity contribution in [1.82, 2.24) is 9.61 Å². The lowest BCUT2D eigenvalue weighted by atomic mass is 10.3. The van der Waals surface area contributed by atoms with Gasteiger partial charge in [0, 0.05) is 5.69 Å². The minimum atomic E-state index is 0.598. The molecule has 2 heterocycles. The number of hydrogen-bond acceptors (Lipinski definition) is 2. The van der Waals surface area contributed by atoms with E-state index in [4.69, 9.17) is 5.26 Å². The SMILES string of the molecule is CC.Cc1ccc2cc(C#N)cnn12. The summed E-state index contributed by atoms with van der Waals surface area (Å²) in [5, 5.41) is 12.7. The summed E-state index contributed by atoms with van der Waals surface area (Å²) in [6, 6.07) is 7.80. The smallest absolute Gasteiger partial charge is 0.101 e. The summed E-state index contributed by atoms with van der Waals surface area (Å²) in [5.74, 6) is 0. The quantitative estimate of drug-likeness (QED) is 0.636. The number of aryl methyl sites for hydroxylation is 1. The van der Waals surface area contributed by atoms with Crippen molar-refractivity contribution in [2.45, 2.75) is 20.8 Å². The number of hydrogen-bond donors (Lipinski definition) is 0. The molecule has 0 N–H and O–H groups in total. The Kier molecular flexibility index (Phi) is 3.24. The van der Waals surface area contributed by atoms with Crippen LogP contribution < -0.4 is 0 Å². The molecule has 0 unspecified atom stereocenters. The summed E-state index contributed by atoms with van der Waals surface area (Å²) < 4.78 is 1.81. The van der Waals surface area contributed by atoms with Gasteiger partial charge < -0.3 is 0 Å². The maximum atomic E-state index is 8.60. The average Bonchev–Trinajstić information content (AvgIpc) is 2.63. The largest absolute Gasteiger partial charge is 0.238 e. The van der Waals surface area contributed by atoms with Crippen molar-refractivity contribution in [2.24, 2.45) is 0 Å². The van der Waals surface area contributed by atoms with E-state index in [-0.39, 0.29) is 0 Å². The lowest BCUT2D eigenvalue weighted by Crippen LogP contribution is -1.92. The highest BCUT2D eigenvalue weighted by Crippen LogP contribution is 2.08. The van der Waals surface area contributed by atoms with Crippen LogP contribution in [-0.4, -0.2) is 9.61 Å². The molecule has 2 aromatic rings. The summed E-state index contributed by atoms with van der Waals surface area (Å²) >= 11 is 0. The van der Waals surface area contributed by atoms with Crippen molar-refractivity contribution in [1.29, 1.82) is 5.26 Å². The van der Waals surface area contributed by atoms with Crippen LogP contribution in [-0.2, 0) is 0 Å². The van der Waals surface area contributed by atoms with Gasteiger partial charge in [0.2, 0.25) is 0 Å². The lowest BCUT2D eigenvalue weighted by Gasteiger charge is -1.95. The van der Waals surface area contributed by atoms with Crippen molar-refractivity contribution in [3.8, 4) is 6.07 Å². The van der Waals surface area contributed by atoms with Gasteiger partial charge in [0.15, 0.2) is 0 Å². The topological polar surface area (TPSA) is 41.1 Å². The van der Waals surface area contributed by atoms with Crippen molar-refractivity contribution < 1.29 is 0 Å². The molecule has 0 spiro atoms. The number of nitriles is 1. The molecule has 72 valence electrons. The summed E-state index contributed by atoms with van der Waals surface area (Å²) in [5.41, 5.74) is 2.64. The van der Waals surface area contributed by atoms with Crippen LogP contribution in [0.3, 0.4) is 0 Å². The maximum absolute atomic E-state index is 8.60. The first-order valence-electron chi connectivity index (χ1n) is 4.66. The maximum Gasteiger partial charge on any atom is 0.101 e. The fourth-order valence-corrected chi connectivity index (χ4v) is 1.20. The van der Waals surface area contributed by atoms with Crippen LogP contribution in [0.5, 0.6) is 0 Å². The predicted molar refractivity (Wildman–Crippen MR) is 56.0 cm³/mol. The monoisotopic (exact) mass is 187 g/mol. The molecule has 0 aliphatic carbocycles. The van der Waals surface area contributed by atoms with Gasteiger partial charge in [0.1, 0.15) is 6.07 Å². The minimum absolute atomic E-state index is 0.598. The van der Waals surface area contributed by atoms with Gasteiger partial charge in [-0.2, -0.15) is 10.4 Å². The number of aromatic nitrogens is 2. The van der Waals surface area contributed by atoms with Gasteiger partial charge in [-0.1, -0.05) is 13.8 Å². The Labute approximate surface area is 83.6 Å². The second-order valence-electron chi connectivity index (χ2n) is 2.67. The molecule has 0 fully saturated rings. The van der Waals surface area contributed by atoms with Gasteiger partial charge in [-0.25, -0.2) is 4.52 Å². The molecular weight excluding hydrogens is 174 g/mol. The molecule has 0 aromatic carbocycles. The molecule has 0 bridgehead atoms. The highest BCUT2D eigenvalue weighted by atomic mass is 15.2. The molecule has 0 radical (unpaired) electrons. The summed E-state index contributed by atoms with van der Waals surface area (Å²) in [6.07, 6.45) is 1.57. The molecule has 3 heteroatoms. The first-order valence-corrected chi connectivity index (χ1v) is 4.66. The summed E-state index contributed by atoms with van der Waals surface area (Å²) in [4.78, 5) is 0. The summed E-state index contributed by atoms with van der Waals surface area (Å²) in [7, 11) is 0. The first kappa shape index (κ1) is 10.3. The Morgan fingerprint density at radius 2 is 2.07 bits per heavy atom. The van der Waals surface area contributed by atoms with Crippen LogP contribution in [0.25, 0.3) is 5.52 Å². The van der Waals surface area contributed by atoms with Crippen molar-refractivity contribution in [3.05, 3.63) is 35.7 Å². The third-order valence-electron chi connectivity index (χ3n) is 1.82. The van der Waals surface area contributed by atoms with Gasteiger partial charge in [0.05, 0.1) is 17.3 Å². The van der Waals surface area contributed by atoms with Crippen LogP contribution in [0, 0.1) is 18.3 Å². The molecule has 14 heavy (non-hydrogen) atoms.